The smallest absolute Gasteiger partial charge is 0.361 e. The molecule has 1 aromatic rings. The van der Waals surface area contributed by atoms with Crippen LogP contribution in [-0.4, -0.2) is 31.2 Å². The fraction of sp³-hybridized carbons (Fsp3) is 0.385. The summed E-state index contributed by atoms with van der Waals surface area (Å²) < 4.78 is 24.9. The van der Waals surface area contributed by atoms with Crippen molar-refractivity contribution >= 4 is 37.8 Å². The molecule has 22 heavy (non-hydrogen) atoms. The Morgan fingerprint density at radius 2 is 1.86 bits per heavy atom. The lowest BCUT2D eigenvalue weighted by Crippen LogP contribution is -3.19. The first-order valence-corrected chi connectivity index (χ1v) is 9.03. The van der Waals surface area contributed by atoms with Crippen LogP contribution in [0.1, 0.15) is 29.6 Å². The van der Waals surface area contributed by atoms with Crippen LogP contribution >= 0.6 is 15.9 Å². The van der Waals surface area contributed by atoms with Crippen molar-refractivity contribution in [3.63, 3.8) is 0 Å². The van der Waals surface area contributed by atoms with E-state index in [1.807, 2.05) is 0 Å². The number of amides is 2. The molecule has 2 aliphatic rings. The van der Waals surface area contributed by atoms with Crippen LogP contribution < -0.4 is 26.6 Å². The normalized spacial score (nSPS) is 30.0. The Morgan fingerprint density at radius 3 is 2.55 bits per heavy atom. The molecule has 1 aromatic carbocycles. The number of rotatable bonds is 1. The molecule has 0 aromatic heterocycles. The maximum atomic E-state index is 12.6. The van der Waals surface area contributed by atoms with Gasteiger partial charge in [-0.25, -0.2) is 4.79 Å². The fourth-order valence-electron chi connectivity index (χ4n) is 2.82. The van der Waals surface area contributed by atoms with Gasteiger partial charge in [-0.1, -0.05) is 28.1 Å². The molecular weight excluding hydrogens is 440 g/mol. The van der Waals surface area contributed by atoms with Crippen molar-refractivity contribution in [3.05, 3.63) is 29.8 Å². The second kappa shape index (κ2) is 6.38. The molecule has 6 nitrogen and oxygen atoms in total. The first-order chi connectivity index (χ1) is 9.93. The minimum Gasteiger partial charge on any atom is -1.00 e. The van der Waals surface area contributed by atoms with Gasteiger partial charge in [0.05, 0.1) is 4.95 Å². The molecule has 9 heteroatoms. The largest absolute Gasteiger partial charge is 1.00 e. The van der Waals surface area contributed by atoms with Gasteiger partial charge in [-0.3, -0.25) is 4.79 Å². The van der Waals surface area contributed by atoms with Crippen LogP contribution in [0.4, 0.5) is 0 Å². The van der Waals surface area contributed by atoms with E-state index in [-0.39, 0.29) is 36.7 Å². The minimum atomic E-state index is -3.87. The number of hydrogen-bond donors (Lipinski definition) is 2. The maximum Gasteiger partial charge on any atom is 0.361 e. The van der Waals surface area contributed by atoms with Gasteiger partial charge in [0.25, 0.3) is 5.91 Å². The molecular formula is C13H14Br2N2O4S. The Balaban J connectivity index is 0.00000176. The van der Waals surface area contributed by atoms with Gasteiger partial charge in [0, 0.05) is 6.42 Å². The summed E-state index contributed by atoms with van der Waals surface area (Å²) in [6, 6.07) is 5.20. The molecule has 0 radical (unpaired) electrons. The number of halogens is 2. The highest BCUT2D eigenvalue weighted by Gasteiger charge is 2.53. The first kappa shape index (κ1) is 17.6. The molecule has 2 N–H and O–H groups in total. The van der Waals surface area contributed by atoms with E-state index in [4.69, 9.17) is 0 Å². The van der Waals surface area contributed by atoms with Crippen LogP contribution in [0.2, 0.25) is 0 Å². The van der Waals surface area contributed by atoms with Gasteiger partial charge in [0.2, 0.25) is 0 Å². The van der Waals surface area contributed by atoms with Gasteiger partial charge >= 0.3 is 15.9 Å². The van der Waals surface area contributed by atoms with E-state index in [0.717, 1.165) is 0 Å². The average Bonchev–Trinajstić information content (AvgIpc) is 2.54. The van der Waals surface area contributed by atoms with E-state index in [1.54, 1.807) is 12.1 Å². The third-order valence-corrected chi connectivity index (χ3v) is 6.49. The van der Waals surface area contributed by atoms with E-state index < -0.39 is 27.9 Å². The predicted octanol–water partition coefficient (Wildman–Crippen LogP) is -3.19. The molecule has 0 aliphatic carbocycles. The number of carbonyl (C=O) groups is 2. The number of nitrogens with one attached hydrogen (secondary N) is 2. The zero-order chi connectivity index (χ0) is 15.2. The molecule has 1 saturated heterocycles. The summed E-state index contributed by atoms with van der Waals surface area (Å²) in [5.74, 6) is -0.951. The number of hydrogen-bond acceptors (Lipinski definition) is 4. The van der Waals surface area contributed by atoms with Crippen molar-refractivity contribution in [3.8, 4) is 0 Å². The Labute approximate surface area is 147 Å². The zero-order valence-corrected chi connectivity index (χ0v) is 15.4. The van der Waals surface area contributed by atoms with E-state index in [2.05, 4.69) is 21.2 Å². The standard InChI is InChI=1S/C13H13BrN2O4S.BrH/c14-11-7-3-5-9(12(17)15-11)16-13(18)8-4-1-2-6-10(8)21(16,19)20;/h1-2,4,6,9,11H,3,5,7H2,(H,15,17);1H. The molecule has 120 valence electrons. The van der Waals surface area contributed by atoms with Crippen LogP contribution in [0.25, 0.3) is 0 Å². The Morgan fingerprint density at radius 1 is 1.18 bits per heavy atom. The number of carbonyl (C=O) groups excluding carboxylic acids is 2. The monoisotopic (exact) mass is 452 g/mol. The lowest BCUT2D eigenvalue weighted by Gasteiger charge is -2.18. The zero-order valence-electron chi connectivity index (χ0n) is 11.4. The highest BCUT2D eigenvalue weighted by molar-refractivity contribution is 9.09. The molecule has 0 saturated carbocycles. The van der Waals surface area contributed by atoms with E-state index in [9.17, 15) is 18.0 Å². The van der Waals surface area contributed by atoms with Gasteiger partial charge in [0.1, 0.15) is 10.5 Å². The maximum absolute atomic E-state index is 12.6. The average molecular weight is 454 g/mol. The summed E-state index contributed by atoms with van der Waals surface area (Å²) in [5.41, 5.74) is 0.167. The lowest BCUT2D eigenvalue weighted by molar-refractivity contribution is -0.692. The summed E-state index contributed by atoms with van der Waals surface area (Å²) in [6.07, 6.45) is 1.74. The second-order valence-electron chi connectivity index (χ2n) is 5.15. The Hall–Kier alpha value is -0.770. The molecule has 2 heterocycles. The molecule has 2 aliphatic heterocycles. The van der Waals surface area contributed by atoms with Gasteiger partial charge in [0.15, 0.2) is 6.04 Å². The molecule has 3 atom stereocenters. The molecule has 3 rings (SSSR count). The van der Waals surface area contributed by atoms with E-state index >= 15 is 0 Å². The highest BCUT2D eigenvalue weighted by atomic mass is 79.9. The van der Waals surface area contributed by atoms with Gasteiger partial charge in [-0.2, -0.15) is 8.42 Å². The van der Waals surface area contributed by atoms with Crippen LogP contribution in [0.5, 0.6) is 0 Å². The lowest BCUT2D eigenvalue weighted by atomic mass is 10.1. The second-order valence-corrected chi connectivity index (χ2v) is 8.14. The van der Waals surface area contributed by atoms with Crippen LogP contribution in [0.3, 0.4) is 0 Å². The number of sulfonamides is 1. The SMILES string of the molecule is O=C1NC(Br)CCCC1[NH+]1C(=O)c2ccccc2S1(=O)=O.[Br-]. The summed E-state index contributed by atoms with van der Waals surface area (Å²) in [4.78, 5) is 24.5. The minimum absolute atomic E-state index is 0. The van der Waals surface area contributed by atoms with Gasteiger partial charge in [-0.05, 0) is 25.0 Å². The molecule has 0 spiro atoms. The first-order valence-electron chi connectivity index (χ1n) is 6.63. The quantitative estimate of drug-likeness (QED) is 0.346. The van der Waals surface area contributed by atoms with Crippen molar-refractivity contribution in [2.24, 2.45) is 0 Å². The van der Waals surface area contributed by atoms with Crippen LogP contribution in [0, 0.1) is 0 Å². The summed E-state index contributed by atoms with van der Waals surface area (Å²) in [5, 5.41) is 2.69. The number of benzene rings is 1. The van der Waals surface area contributed by atoms with E-state index in [1.165, 1.54) is 12.1 Å². The third kappa shape index (κ3) is 2.75. The van der Waals surface area contributed by atoms with Gasteiger partial charge in [-0.15, -0.1) is 4.31 Å². The fourth-order valence-corrected chi connectivity index (χ4v) is 5.26. The Kier molecular flexibility index (Phi) is 5.10. The summed E-state index contributed by atoms with van der Waals surface area (Å²) in [6.45, 7) is 0. The van der Waals surface area contributed by atoms with Crippen LogP contribution in [-0.2, 0) is 14.8 Å². The topological polar surface area (TPSA) is 84.8 Å². The van der Waals surface area contributed by atoms with Crippen LogP contribution in [0.15, 0.2) is 29.2 Å². The molecule has 2 amide bonds. The van der Waals surface area contributed by atoms with Crippen molar-refractivity contribution < 1.29 is 39.3 Å². The van der Waals surface area contributed by atoms with Crippen molar-refractivity contribution in [1.29, 1.82) is 0 Å². The molecule has 3 unspecified atom stereocenters. The highest BCUT2D eigenvalue weighted by Crippen LogP contribution is 2.21. The predicted molar refractivity (Wildman–Crippen MR) is 77.4 cm³/mol. The summed E-state index contributed by atoms with van der Waals surface area (Å²) >= 11 is 3.31. The summed E-state index contributed by atoms with van der Waals surface area (Å²) in [7, 11) is -3.87. The third-order valence-electron chi connectivity index (χ3n) is 3.82. The van der Waals surface area contributed by atoms with Gasteiger partial charge < -0.3 is 22.3 Å². The van der Waals surface area contributed by atoms with Crippen molar-refractivity contribution in [2.75, 3.05) is 0 Å². The van der Waals surface area contributed by atoms with Crippen molar-refractivity contribution in [1.82, 2.24) is 5.32 Å². The van der Waals surface area contributed by atoms with Crippen molar-refractivity contribution in [2.45, 2.75) is 35.2 Å². The number of alkyl halides is 1. The molecule has 0 bridgehead atoms. The number of quaternary nitrogens is 1. The Bertz CT molecular complexity index is 723. The number of fused-ring (bicyclic) bond motifs is 1. The molecule has 1 fully saturated rings. The van der Waals surface area contributed by atoms with E-state index in [0.29, 0.717) is 19.3 Å².